The van der Waals surface area contributed by atoms with Crippen molar-refractivity contribution < 1.29 is 0 Å². The van der Waals surface area contributed by atoms with Gasteiger partial charge in [-0.2, -0.15) is 0 Å². The summed E-state index contributed by atoms with van der Waals surface area (Å²) >= 11 is 0. The lowest BCUT2D eigenvalue weighted by Crippen LogP contribution is -2.42. The largest absolute Gasteiger partial charge is 0.317 e. The maximum atomic E-state index is 12.0. The van der Waals surface area contributed by atoms with Gasteiger partial charge in [0, 0.05) is 5.41 Å². The van der Waals surface area contributed by atoms with E-state index in [0.29, 0.717) is 5.84 Å². The first-order chi connectivity index (χ1) is 9.48. The molecule has 2 aromatic rings. The zero-order chi connectivity index (χ0) is 14.5. The number of rotatable bonds is 2. The van der Waals surface area contributed by atoms with E-state index in [9.17, 15) is 4.79 Å². The van der Waals surface area contributed by atoms with Crippen LogP contribution in [-0.2, 0) is 6.42 Å². The third-order valence-electron chi connectivity index (χ3n) is 4.22. The molecule has 5 heteroatoms. The Balaban J connectivity index is 2.41. The third-order valence-corrected chi connectivity index (χ3v) is 4.22. The second-order valence-electron chi connectivity index (χ2n) is 5.71. The molecule has 1 aliphatic rings. The Kier molecular flexibility index (Phi) is 2.67. The van der Waals surface area contributed by atoms with Crippen molar-refractivity contribution in [2.45, 2.75) is 33.1 Å². The van der Waals surface area contributed by atoms with Crippen LogP contribution >= 0.6 is 0 Å². The molecule has 0 unspecified atom stereocenters. The number of hydrogen-bond donors (Lipinski definition) is 3. The average molecular weight is 270 g/mol. The molecule has 1 aromatic heterocycles. The van der Waals surface area contributed by atoms with Crippen LogP contribution in [0.1, 0.15) is 32.3 Å². The Morgan fingerprint density at radius 2 is 2.15 bits per heavy atom. The first-order valence-corrected chi connectivity index (χ1v) is 6.89. The molecule has 1 fully saturated rings. The zero-order valence-corrected chi connectivity index (χ0v) is 11.7. The first kappa shape index (κ1) is 12.8. The number of aromatic nitrogens is 2. The van der Waals surface area contributed by atoms with E-state index >= 15 is 0 Å². The summed E-state index contributed by atoms with van der Waals surface area (Å²) < 4.78 is 1.50. The number of para-hydroxylation sites is 1. The number of fused-ring (bicyclic) bond motifs is 1. The van der Waals surface area contributed by atoms with Crippen molar-refractivity contribution in [2.24, 2.45) is 5.41 Å². The average Bonchev–Trinajstić information content (AvgIpc) is 3.18. The van der Waals surface area contributed by atoms with Gasteiger partial charge in [-0.15, -0.1) is 0 Å². The highest BCUT2D eigenvalue weighted by molar-refractivity contribution is 5.96. The molecule has 0 amide bonds. The molecular formula is C15H18N4O. The monoisotopic (exact) mass is 270 g/mol. The molecule has 0 radical (unpaired) electrons. The minimum Gasteiger partial charge on any atom is -0.317 e. The topological polar surface area (TPSA) is 85.5 Å². The van der Waals surface area contributed by atoms with Crippen LogP contribution in [0.5, 0.6) is 0 Å². The van der Waals surface area contributed by atoms with Crippen molar-refractivity contribution in [3.8, 4) is 0 Å². The fourth-order valence-corrected chi connectivity index (χ4v) is 2.53. The Morgan fingerprint density at radius 1 is 1.45 bits per heavy atom. The Bertz CT molecular complexity index is 824. The molecule has 1 saturated carbocycles. The van der Waals surface area contributed by atoms with E-state index in [1.165, 1.54) is 4.57 Å². The van der Waals surface area contributed by atoms with Gasteiger partial charge in [-0.05, 0) is 30.9 Å². The van der Waals surface area contributed by atoms with Crippen LogP contribution in [0.4, 0.5) is 0 Å². The second-order valence-corrected chi connectivity index (χ2v) is 5.71. The molecule has 0 atom stereocenters. The van der Waals surface area contributed by atoms with Crippen LogP contribution in [0.15, 0.2) is 23.0 Å². The summed E-state index contributed by atoms with van der Waals surface area (Å²) in [4.78, 5) is 14.8. The summed E-state index contributed by atoms with van der Waals surface area (Å²) in [6, 6.07) is 5.75. The molecule has 5 nitrogen and oxygen atoms in total. The highest BCUT2D eigenvalue weighted by atomic mass is 16.1. The van der Waals surface area contributed by atoms with Gasteiger partial charge in [-0.1, -0.05) is 26.0 Å². The predicted octanol–water partition coefficient (Wildman–Crippen LogP) is 2.00. The molecule has 0 aliphatic heterocycles. The molecule has 0 spiro atoms. The fourth-order valence-electron chi connectivity index (χ4n) is 2.53. The van der Waals surface area contributed by atoms with E-state index in [2.05, 4.69) is 4.98 Å². The highest BCUT2D eigenvalue weighted by Crippen LogP contribution is 2.46. The van der Waals surface area contributed by atoms with Gasteiger partial charge in [0.1, 0.15) is 5.84 Å². The summed E-state index contributed by atoms with van der Waals surface area (Å²) in [5.41, 5.74) is 1.72. The Morgan fingerprint density at radius 3 is 2.75 bits per heavy atom. The Labute approximate surface area is 116 Å². The number of H-pyrrole nitrogens is 1. The SMILES string of the molecule is CCc1cccc2c1[nH]c(=O)c(=N)n2C(=N)C1(C)CC1. The number of aromatic amines is 1. The summed E-state index contributed by atoms with van der Waals surface area (Å²) in [7, 11) is 0. The molecule has 1 heterocycles. The summed E-state index contributed by atoms with van der Waals surface area (Å²) in [5, 5.41) is 16.4. The molecule has 1 aromatic carbocycles. The highest BCUT2D eigenvalue weighted by Gasteiger charge is 2.43. The molecule has 104 valence electrons. The molecule has 3 N–H and O–H groups in total. The number of benzene rings is 1. The number of nitrogens with one attached hydrogen (secondary N) is 3. The lowest BCUT2D eigenvalue weighted by molar-refractivity contribution is 0.741. The van der Waals surface area contributed by atoms with Crippen LogP contribution in [0, 0.1) is 16.2 Å². The molecule has 3 rings (SSSR count). The minimum atomic E-state index is -0.438. The lowest BCUT2D eigenvalue weighted by atomic mass is 10.1. The molecule has 0 saturated heterocycles. The van der Waals surface area contributed by atoms with Gasteiger partial charge in [0.15, 0.2) is 5.49 Å². The smallest absolute Gasteiger partial charge is 0.291 e. The van der Waals surface area contributed by atoms with Crippen LogP contribution in [0.2, 0.25) is 0 Å². The molecule has 20 heavy (non-hydrogen) atoms. The second kappa shape index (κ2) is 4.16. The maximum Gasteiger partial charge on any atom is 0.291 e. The summed E-state index contributed by atoms with van der Waals surface area (Å²) in [6.07, 6.45) is 2.69. The van der Waals surface area contributed by atoms with Crippen molar-refractivity contribution in [3.05, 3.63) is 39.6 Å². The van der Waals surface area contributed by atoms with Gasteiger partial charge in [0.2, 0.25) is 0 Å². The maximum absolute atomic E-state index is 12.0. The van der Waals surface area contributed by atoms with Crippen LogP contribution < -0.4 is 11.0 Å². The fraction of sp³-hybridized carbons (Fsp3) is 0.400. The van der Waals surface area contributed by atoms with E-state index in [1.54, 1.807) is 0 Å². The van der Waals surface area contributed by atoms with Crippen molar-refractivity contribution in [1.82, 2.24) is 9.55 Å². The van der Waals surface area contributed by atoms with Crippen LogP contribution in [0.3, 0.4) is 0 Å². The minimum absolute atomic E-state index is 0.163. The first-order valence-electron chi connectivity index (χ1n) is 6.89. The van der Waals surface area contributed by atoms with Crippen molar-refractivity contribution >= 4 is 16.9 Å². The van der Waals surface area contributed by atoms with E-state index in [-0.39, 0.29) is 10.9 Å². The van der Waals surface area contributed by atoms with Gasteiger partial charge in [0.05, 0.1) is 11.0 Å². The number of hydrogen-bond acceptors (Lipinski definition) is 3. The van der Waals surface area contributed by atoms with E-state index < -0.39 is 5.56 Å². The van der Waals surface area contributed by atoms with Gasteiger partial charge < -0.3 is 4.98 Å². The summed E-state index contributed by atoms with van der Waals surface area (Å²) in [6.45, 7) is 4.04. The van der Waals surface area contributed by atoms with Gasteiger partial charge in [-0.3, -0.25) is 20.2 Å². The van der Waals surface area contributed by atoms with Gasteiger partial charge >= 0.3 is 0 Å². The molecule has 1 aliphatic carbocycles. The normalized spacial score (nSPS) is 16.3. The molecule has 0 bridgehead atoms. The zero-order valence-electron chi connectivity index (χ0n) is 11.7. The van der Waals surface area contributed by atoms with Crippen LogP contribution in [0.25, 0.3) is 11.0 Å². The number of nitrogens with zero attached hydrogens (tertiary/aromatic N) is 1. The van der Waals surface area contributed by atoms with Crippen molar-refractivity contribution in [1.29, 1.82) is 10.8 Å². The Hall–Kier alpha value is -2.17. The number of aryl methyl sites for hydroxylation is 1. The quantitative estimate of drug-likeness (QED) is 0.566. The third kappa shape index (κ3) is 1.73. The lowest BCUT2D eigenvalue weighted by Gasteiger charge is -2.17. The summed E-state index contributed by atoms with van der Waals surface area (Å²) in [5.74, 6) is 0.354. The van der Waals surface area contributed by atoms with E-state index in [0.717, 1.165) is 35.9 Å². The predicted molar refractivity (Wildman–Crippen MR) is 78.3 cm³/mol. The van der Waals surface area contributed by atoms with E-state index in [1.807, 2.05) is 32.0 Å². The van der Waals surface area contributed by atoms with Crippen molar-refractivity contribution in [3.63, 3.8) is 0 Å². The van der Waals surface area contributed by atoms with Gasteiger partial charge in [0.25, 0.3) is 5.56 Å². The van der Waals surface area contributed by atoms with Gasteiger partial charge in [-0.25, -0.2) is 0 Å². The molecular weight excluding hydrogens is 252 g/mol. The standard InChI is InChI=1S/C15H18N4O/c1-3-9-5-4-6-10-11(9)18-13(20)12(16)19(10)14(17)15(2)7-8-15/h4-6,16-17H,3,7-8H2,1-2H3,(H,18,20). The van der Waals surface area contributed by atoms with Crippen molar-refractivity contribution in [2.75, 3.05) is 0 Å². The van der Waals surface area contributed by atoms with E-state index in [4.69, 9.17) is 10.8 Å². The van der Waals surface area contributed by atoms with Crippen LogP contribution in [-0.4, -0.2) is 15.4 Å².